The zero-order valence-corrected chi connectivity index (χ0v) is 11.3. The van der Waals surface area contributed by atoms with Gasteiger partial charge in [0, 0.05) is 0 Å². The molecule has 0 saturated carbocycles. The van der Waals surface area contributed by atoms with Crippen LogP contribution in [0.1, 0.15) is 58.8 Å². The van der Waals surface area contributed by atoms with Crippen LogP contribution in [0, 0.1) is 5.92 Å². The monoisotopic (exact) mass is 238 g/mol. The van der Waals surface area contributed by atoms with Gasteiger partial charge < -0.3 is 4.74 Å². The van der Waals surface area contributed by atoms with Crippen molar-refractivity contribution in [3.05, 3.63) is 25.0 Å². The fourth-order valence-electron chi connectivity index (χ4n) is 1.68. The first-order valence-corrected chi connectivity index (χ1v) is 6.72. The highest BCUT2D eigenvalue weighted by atomic mass is 16.5. The highest BCUT2D eigenvalue weighted by Crippen LogP contribution is 2.12. The van der Waals surface area contributed by atoms with Crippen molar-refractivity contribution in [3.8, 4) is 0 Å². The second-order valence-corrected chi connectivity index (χ2v) is 4.27. The maximum atomic E-state index is 11.5. The molecule has 0 saturated heterocycles. The number of carbonyl (C=O) groups excluding carboxylic acids is 1. The molecule has 0 aromatic carbocycles. The molecule has 1 atom stereocenters. The molecule has 0 bridgehead atoms. The van der Waals surface area contributed by atoms with Crippen LogP contribution >= 0.6 is 0 Å². The second kappa shape index (κ2) is 11.4. The van der Waals surface area contributed by atoms with E-state index in [2.05, 4.69) is 25.7 Å². The summed E-state index contributed by atoms with van der Waals surface area (Å²) in [6.45, 7) is 7.61. The first-order chi connectivity index (χ1) is 8.26. The Morgan fingerprint density at radius 2 is 2.00 bits per heavy atom. The maximum absolute atomic E-state index is 11.5. The van der Waals surface area contributed by atoms with Gasteiger partial charge in [0.05, 0.1) is 12.2 Å². The van der Waals surface area contributed by atoms with Gasteiger partial charge in [-0.2, -0.15) is 0 Å². The highest BCUT2D eigenvalue weighted by Gasteiger charge is 2.15. The number of unbranched alkanes of at least 4 members (excludes halogenated alkanes) is 4. The number of allylic oxidation sites excluding steroid dienone is 2. The van der Waals surface area contributed by atoms with Gasteiger partial charge in [-0.25, -0.2) is 0 Å². The molecule has 2 heteroatoms. The predicted octanol–water partition coefficient (Wildman–Crippen LogP) is 4.62. The van der Waals surface area contributed by atoms with Crippen LogP contribution in [0.15, 0.2) is 25.0 Å². The van der Waals surface area contributed by atoms with Gasteiger partial charge in [-0.3, -0.25) is 4.79 Å². The van der Waals surface area contributed by atoms with Crippen molar-refractivity contribution in [1.82, 2.24) is 0 Å². The fraction of sp³-hybridized carbons (Fsp3) is 0.667. The van der Waals surface area contributed by atoms with Gasteiger partial charge in [0.25, 0.3) is 0 Å². The summed E-state index contributed by atoms with van der Waals surface area (Å²) in [5.41, 5.74) is 0. The molecular weight excluding hydrogens is 212 g/mol. The first kappa shape index (κ1) is 16.0. The molecule has 17 heavy (non-hydrogen) atoms. The summed E-state index contributed by atoms with van der Waals surface area (Å²) in [5, 5.41) is 0. The highest BCUT2D eigenvalue weighted by molar-refractivity contribution is 5.73. The Hall–Kier alpha value is -1.05. The lowest BCUT2D eigenvalue weighted by Gasteiger charge is -2.09. The Kier molecular flexibility index (Phi) is 10.7. The first-order valence-electron chi connectivity index (χ1n) is 6.72. The lowest BCUT2D eigenvalue weighted by atomic mass is 10.0. The number of ether oxygens (including phenoxy) is 1. The summed E-state index contributed by atoms with van der Waals surface area (Å²) in [4.78, 5) is 11.5. The van der Waals surface area contributed by atoms with Crippen LogP contribution in [0.25, 0.3) is 0 Å². The molecule has 0 rings (SSSR count). The SMILES string of the molecule is C=COC(=O)C(CC)C/C=C/CCCCCC. The van der Waals surface area contributed by atoms with E-state index in [-0.39, 0.29) is 11.9 Å². The predicted molar refractivity (Wildman–Crippen MR) is 72.6 cm³/mol. The Morgan fingerprint density at radius 3 is 2.59 bits per heavy atom. The molecule has 0 aliphatic heterocycles. The second-order valence-electron chi connectivity index (χ2n) is 4.27. The molecule has 0 aliphatic rings. The van der Waals surface area contributed by atoms with E-state index in [1.165, 1.54) is 31.9 Å². The summed E-state index contributed by atoms with van der Waals surface area (Å²) >= 11 is 0. The van der Waals surface area contributed by atoms with Crippen molar-refractivity contribution in [2.45, 2.75) is 58.8 Å². The number of hydrogen-bond donors (Lipinski definition) is 0. The lowest BCUT2D eigenvalue weighted by Crippen LogP contribution is -2.13. The Bertz CT molecular complexity index is 231. The maximum Gasteiger partial charge on any atom is 0.314 e. The minimum absolute atomic E-state index is 0.0279. The van der Waals surface area contributed by atoms with Crippen LogP contribution in [0.3, 0.4) is 0 Å². The third-order valence-electron chi connectivity index (χ3n) is 2.84. The molecule has 2 nitrogen and oxygen atoms in total. The van der Waals surface area contributed by atoms with Gasteiger partial charge in [0.15, 0.2) is 0 Å². The minimum atomic E-state index is -0.168. The topological polar surface area (TPSA) is 26.3 Å². The van der Waals surface area contributed by atoms with Crippen LogP contribution in [0.2, 0.25) is 0 Å². The lowest BCUT2D eigenvalue weighted by molar-refractivity contribution is -0.142. The largest absolute Gasteiger partial charge is 0.435 e. The molecule has 0 amide bonds. The molecule has 0 aromatic heterocycles. The zero-order chi connectivity index (χ0) is 12.9. The van der Waals surface area contributed by atoms with Crippen molar-refractivity contribution in [3.63, 3.8) is 0 Å². The summed E-state index contributed by atoms with van der Waals surface area (Å²) in [6.07, 6.45) is 13.3. The van der Waals surface area contributed by atoms with Crippen molar-refractivity contribution < 1.29 is 9.53 Å². The smallest absolute Gasteiger partial charge is 0.314 e. The van der Waals surface area contributed by atoms with Crippen LogP contribution in [0.4, 0.5) is 0 Å². The van der Waals surface area contributed by atoms with E-state index >= 15 is 0 Å². The standard InChI is InChI=1S/C15H26O2/c1-4-7-8-9-10-11-12-13-14(5-2)15(16)17-6-3/h6,11-12,14H,3-5,7-10,13H2,1-2H3/b12-11+. The minimum Gasteiger partial charge on any atom is -0.435 e. The number of esters is 1. The molecule has 0 radical (unpaired) electrons. The molecule has 0 spiro atoms. The van der Waals surface area contributed by atoms with Crippen LogP contribution in [-0.4, -0.2) is 5.97 Å². The molecule has 98 valence electrons. The van der Waals surface area contributed by atoms with E-state index in [1.807, 2.05) is 6.92 Å². The van der Waals surface area contributed by atoms with E-state index in [9.17, 15) is 4.79 Å². The van der Waals surface area contributed by atoms with Gasteiger partial charge in [-0.1, -0.05) is 51.8 Å². The number of carbonyl (C=O) groups is 1. The van der Waals surface area contributed by atoms with Crippen molar-refractivity contribution >= 4 is 5.97 Å². The summed E-state index contributed by atoms with van der Waals surface area (Å²) in [7, 11) is 0. The molecule has 0 N–H and O–H groups in total. The molecule has 0 aromatic rings. The van der Waals surface area contributed by atoms with Gasteiger partial charge in [0.1, 0.15) is 0 Å². The van der Waals surface area contributed by atoms with Crippen LogP contribution in [0.5, 0.6) is 0 Å². The summed E-state index contributed by atoms with van der Waals surface area (Å²) < 4.78 is 4.80. The number of rotatable bonds is 10. The van der Waals surface area contributed by atoms with Gasteiger partial charge in [-0.15, -0.1) is 0 Å². The average Bonchev–Trinajstić information content (AvgIpc) is 2.33. The Labute approximate surface area is 106 Å². The van der Waals surface area contributed by atoms with Gasteiger partial charge >= 0.3 is 5.97 Å². The average molecular weight is 238 g/mol. The van der Waals surface area contributed by atoms with E-state index in [0.29, 0.717) is 0 Å². The molecule has 1 unspecified atom stereocenters. The summed E-state index contributed by atoms with van der Waals surface area (Å²) in [5.74, 6) is -0.196. The number of hydrogen-bond acceptors (Lipinski definition) is 2. The van der Waals surface area contributed by atoms with Crippen molar-refractivity contribution in [1.29, 1.82) is 0 Å². The van der Waals surface area contributed by atoms with E-state index in [0.717, 1.165) is 19.3 Å². The van der Waals surface area contributed by atoms with Crippen LogP contribution < -0.4 is 0 Å². The van der Waals surface area contributed by atoms with Crippen molar-refractivity contribution in [2.75, 3.05) is 0 Å². The van der Waals surface area contributed by atoms with Gasteiger partial charge in [0.2, 0.25) is 0 Å². The normalized spacial score (nSPS) is 12.6. The van der Waals surface area contributed by atoms with Gasteiger partial charge in [-0.05, 0) is 25.7 Å². The molecule has 0 heterocycles. The molecule has 0 aliphatic carbocycles. The Morgan fingerprint density at radius 1 is 1.24 bits per heavy atom. The van der Waals surface area contributed by atoms with Crippen LogP contribution in [-0.2, 0) is 9.53 Å². The molecular formula is C15H26O2. The third kappa shape index (κ3) is 8.73. The van der Waals surface area contributed by atoms with Crippen molar-refractivity contribution in [2.24, 2.45) is 5.92 Å². The van der Waals surface area contributed by atoms with E-state index in [1.54, 1.807) is 0 Å². The Balaban J connectivity index is 3.70. The quantitative estimate of drug-likeness (QED) is 0.240. The zero-order valence-electron chi connectivity index (χ0n) is 11.3. The van der Waals surface area contributed by atoms with E-state index < -0.39 is 0 Å². The summed E-state index contributed by atoms with van der Waals surface area (Å²) in [6, 6.07) is 0. The van der Waals surface area contributed by atoms with E-state index in [4.69, 9.17) is 4.74 Å². The molecule has 0 fully saturated rings. The fourth-order valence-corrected chi connectivity index (χ4v) is 1.68. The third-order valence-corrected chi connectivity index (χ3v) is 2.84.